The summed E-state index contributed by atoms with van der Waals surface area (Å²) in [6.45, 7) is 4.79. The monoisotopic (exact) mass is 252 g/mol. The van der Waals surface area contributed by atoms with Crippen LogP contribution in [-0.4, -0.2) is 28.1 Å². The van der Waals surface area contributed by atoms with Crippen LogP contribution in [0.1, 0.15) is 37.2 Å². The maximum absolute atomic E-state index is 11.9. The molecule has 0 radical (unpaired) electrons. The Morgan fingerprint density at radius 2 is 2.17 bits per heavy atom. The zero-order chi connectivity index (χ0) is 13.5. The molecule has 0 bridgehead atoms. The minimum atomic E-state index is -0.873. The Morgan fingerprint density at radius 1 is 1.44 bits per heavy atom. The highest BCUT2D eigenvalue weighted by Crippen LogP contribution is 2.05. The Hall–Kier alpha value is -1.78. The molecule has 1 amide bonds. The van der Waals surface area contributed by atoms with Crippen LogP contribution in [0, 0.1) is 5.92 Å². The van der Waals surface area contributed by atoms with Gasteiger partial charge in [-0.05, 0) is 25.0 Å². The number of aryl methyl sites for hydroxylation is 1. The van der Waals surface area contributed by atoms with Crippen molar-refractivity contribution in [3.8, 4) is 0 Å². The topological polar surface area (TPSA) is 71.3 Å². The minimum absolute atomic E-state index is 0.169. The molecule has 0 aromatic carbocycles. The van der Waals surface area contributed by atoms with E-state index in [1.807, 2.05) is 23.8 Å². The Balaban J connectivity index is 2.59. The molecule has 18 heavy (non-hydrogen) atoms. The van der Waals surface area contributed by atoms with Crippen LogP contribution in [-0.2, 0) is 11.3 Å². The van der Waals surface area contributed by atoms with Gasteiger partial charge in [0, 0.05) is 19.3 Å². The van der Waals surface area contributed by atoms with Crippen LogP contribution in [0.15, 0.2) is 18.3 Å². The first-order valence-corrected chi connectivity index (χ1v) is 6.26. The molecule has 0 saturated carbocycles. The highest BCUT2D eigenvalue weighted by atomic mass is 16.4. The number of amides is 1. The predicted molar refractivity (Wildman–Crippen MR) is 68.5 cm³/mol. The number of aliphatic carboxylic acids is 1. The van der Waals surface area contributed by atoms with E-state index in [0.29, 0.717) is 12.1 Å². The Morgan fingerprint density at radius 3 is 2.72 bits per heavy atom. The lowest BCUT2D eigenvalue weighted by atomic mass is 10.1. The van der Waals surface area contributed by atoms with E-state index in [0.717, 1.165) is 13.0 Å². The van der Waals surface area contributed by atoms with Gasteiger partial charge in [-0.1, -0.05) is 13.8 Å². The number of carboxylic acid groups (broad SMARTS) is 1. The van der Waals surface area contributed by atoms with E-state index < -0.39 is 11.9 Å². The van der Waals surface area contributed by atoms with Gasteiger partial charge in [-0.2, -0.15) is 0 Å². The molecule has 1 atom stereocenters. The third-order valence-electron chi connectivity index (χ3n) is 2.88. The van der Waals surface area contributed by atoms with E-state index in [1.54, 1.807) is 13.0 Å². The van der Waals surface area contributed by atoms with Gasteiger partial charge in [-0.3, -0.25) is 9.59 Å². The molecule has 2 N–H and O–H groups in total. The van der Waals surface area contributed by atoms with Gasteiger partial charge < -0.3 is 15.0 Å². The fraction of sp³-hybridized carbons (Fsp3) is 0.538. The van der Waals surface area contributed by atoms with E-state index in [-0.39, 0.29) is 12.5 Å². The van der Waals surface area contributed by atoms with Crippen molar-refractivity contribution in [2.24, 2.45) is 5.92 Å². The highest BCUT2D eigenvalue weighted by Gasteiger charge is 2.17. The standard InChI is InChI=1S/C13H20N2O3/c1-3-7-15-8-5-6-11(15)12(16)14-9-10(4-2)13(17)18/h5-6,8,10H,3-4,7,9H2,1-2H3,(H,14,16)(H,17,18). The van der Waals surface area contributed by atoms with E-state index in [9.17, 15) is 9.59 Å². The second-order valence-electron chi connectivity index (χ2n) is 4.24. The van der Waals surface area contributed by atoms with Gasteiger partial charge in [-0.25, -0.2) is 0 Å². The van der Waals surface area contributed by atoms with E-state index in [1.165, 1.54) is 0 Å². The summed E-state index contributed by atoms with van der Waals surface area (Å²) in [4.78, 5) is 22.8. The number of nitrogens with zero attached hydrogens (tertiary/aromatic N) is 1. The van der Waals surface area contributed by atoms with Crippen LogP contribution in [0.4, 0.5) is 0 Å². The minimum Gasteiger partial charge on any atom is -0.481 e. The highest BCUT2D eigenvalue weighted by molar-refractivity contribution is 5.93. The van der Waals surface area contributed by atoms with Crippen molar-refractivity contribution in [3.05, 3.63) is 24.0 Å². The van der Waals surface area contributed by atoms with E-state index in [4.69, 9.17) is 5.11 Å². The smallest absolute Gasteiger partial charge is 0.308 e. The second kappa shape index (κ2) is 6.83. The van der Waals surface area contributed by atoms with Crippen molar-refractivity contribution in [2.75, 3.05) is 6.54 Å². The fourth-order valence-electron chi connectivity index (χ4n) is 1.77. The Labute approximate surface area is 107 Å². The predicted octanol–water partition coefficient (Wildman–Crippen LogP) is 1.74. The third kappa shape index (κ3) is 3.61. The number of hydrogen-bond donors (Lipinski definition) is 2. The zero-order valence-corrected chi connectivity index (χ0v) is 10.8. The van der Waals surface area contributed by atoms with E-state index in [2.05, 4.69) is 5.32 Å². The van der Waals surface area contributed by atoms with Crippen LogP contribution in [0.25, 0.3) is 0 Å². The summed E-state index contributed by atoms with van der Waals surface area (Å²) in [7, 11) is 0. The molecular formula is C13H20N2O3. The lowest BCUT2D eigenvalue weighted by Gasteiger charge is -2.12. The molecule has 0 spiro atoms. The lowest BCUT2D eigenvalue weighted by molar-refractivity contribution is -0.141. The van der Waals surface area contributed by atoms with Gasteiger partial charge in [0.25, 0.3) is 5.91 Å². The maximum atomic E-state index is 11.9. The van der Waals surface area contributed by atoms with Gasteiger partial charge in [-0.15, -0.1) is 0 Å². The molecule has 0 fully saturated rings. The molecule has 5 nitrogen and oxygen atoms in total. The van der Waals surface area contributed by atoms with E-state index >= 15 is 0 Å². The van der Waals surface area contributed by atoms with Crippen LogP contribution < -0.4 is 5.32 Å². The van der Waals surface area contributed by atoms with Gasteiger partial charge in [0.1, 0.15) is 5.69 Å². The molecule has 0 aliphatic carbocycles. The summed E-state index contributed by atoms with van der Waals surface area (Å²) in [5.41, 5.74) is 0.581. The van der Waals surface area contributed by atoms with Crippen LogP contribution in [0.3, 0.4) is 0 Å². The van der Waals surface area contributed by atoms with Gasteiger partial charge >= 0.3 is 5.97 Å². The number of carbonyl (C=O) groups excluding carboxylic acids is 1. The molecular weight excluding hydrogens is 232 g/mol. The van der Waals surface area contributed by atoms with Crippen molar-refractivity contribution in [3.63, 3.8) is 0 Å². The Bertz CT molecular complexity index is 412. The molecule has 1 aromatic rings. The van der Waals surface area contributed by atoms with Crippen LogP contribution in [0.5, 0.6) is 0 Å². The van der Waals surface area contributed by atoms with Crippen molar-refractivity contribution in [1.82, 2.24) is 9.88 Å². The van der Waals surface area contributed by atoms with Crippen molar-refractivity contribution in [2.45, 2.75) is 33.2 Å². The number of carbonyl (C=O) groups is 2. The fourth-order valence-corrected chi connectivity index (χ4v) is 1.77. The first kappa shape index (κ1) is 14.3. The summed E-state index contributed by atoms with van der Waals surface area (Å²) in [6, 6.07) is 3.56. The van der Waals surface area contributed by atoms with Gasteiger partial charge in [0.15, 0.2) is 0 Å². The summed E-state index contributed by atoms with van der Waals surface area (Å²) in [6.07, 6.45) is 3.31. The van der Waals surface area contributed by atoms with Crippen LogP contribution in [0.2, 0.25) is 0 Å². The van der Waals surface area contributed by atoms with Crippen molar-refractivity contribution < 1.29 is 14.7 Å². The number of hydrogen-bond acceptors (Lipinski definition) is 2. The van der Waals surface area contributed by atoms with Crippen molar-refractivity contribution >= 4 is 11.9 Å². The largest absolute Gasteiger partial charge is 0.481 e. The summed E-state index contributed by atoms with van der Waals surface area (Å²) >= 11 is 0. The van der Waals surface area contributed by atoms with Gasteiger partial charge in [0.2, 0.25) is 0 Å². The van der Waals surface area contributed by atoms with Crippen molar-refractivity contribution in [1.29, 1.82) is 0 Å². The SMILES string of the molecule is CCCn1cccc1C(=O)NCC(CC)C(=O)O. The number of carboxylic acids is 1. The first-order chi connectivity index (χ1) is 8.60. The molecule has 5 heteroatoms. The normalized spacial score (nSPS) is 12.1. The van der Waals surface area contributed by atoms with Crippen LogP contribution >= 0.6 is 0 Å². The molecule has 0 saturated heterocycles. The maximum Gasteiger partial charge on any atom is 0.308 e. The quantitative estimate of drug-likeness (QED) is 0.776. The molecule has 0 aliphatic heterocycles. The first-order valence-electron chi connectivity index (χ1n) is 6.26. The molecule has 100 valence electrons. The zero-order valence-electron chi connectivity index (χ0n) is 10.8. The summed E-state index contributed by atoms with van der Waals surface area (Å²) in [5, 5.41) is 11.6. The molecule has 1 aromatic heterocycles. The molecule has 1 rings (SSSR count). The summed E-state index contributed by atoms with van der Waals surface area (Å²) in [5.74, 6) is -1.61. The second-order valence-corrected chi connectivity index (χ2v) is 4.24. The number of rotatable bonds is 7. The number of nitrogens with one attached hydrogen (secondary N) is 1. The average molecular weight is 252 g/mol. The molecule has 1 heterocycles. The summed E-state index contributed by atoms with van der Waals surface area (Å²) < 4.78 is 1.87. The number of aromatic nitrogens is 1. The third-order valence-corrected chi connectivity index (χ3v) is 2.88. The molecule has 0 aliphatic rings. The molecule has 1 unspecified atom stereocenters. The lowest BCUT2D eigenvalue weighted by Crippen LogP contribution is -2.33. The average Bonchev–Trinajstić information content (AvgIpc) is 2.78. The Kier molecular flexibility index (Phi) is 5.42. The van der Waals surface area contributed by atoms with Gasteiger partial charge in [0.05, 0.1) is 5.92 Å².